The van der Waals surface area contributed by atoms with Gasteiger partial charge in [0.1, 0.15) is 11.4 Å². The van der Waals surface area contributed by atoms with Crippen LogP contribution in [-0.2, 0) is 24.8 Å². The molecule has 11 nitrogen and oxygen atoms in total. The molecule has 0 aliphatic carbocycles. The molecule has 0 aromatic carbocycles. The van der Waals surface area contributed by atoms with Crippen LogP contribution in [-0.4, -0.2) is 54.3 Å². The van der Waals surface area contributed by atoms with Gasteiger partial charge in [0.15, 0.2) is 0 Å². The van der Waals surface area contributed by atoms with Crippen molar-refractivity contribution in [2.45, 2.75) is 66.0 Å². The molecule has 0 saturated heterocycles. The maximum absolute atomic E-state index is 11.4. The van der Waals surface area contributed by atoms with Crippen LogP contribution in [0.4, 0.5) is 5.95 Å². The van der Waals surface area contributed by atoms with E-state index in [1.165, 1.54) is 0 Å². The summed E-state index contributed by atoms with van der Waals surface area (Å²) in [6.45, 7) is 8.16. The molecule has 3 aromatic rings. The number of anilines is 1. The molecule has 0 amide bonds. The Morgan fingerprint density at radius 2 is 2.00 bits per heavy atom. The SMILES string of the molecule is CCc1nc(N(C)Cc2c(-c3ccc(O[C@@H](CC)C[C@H](CC)C(=O)O)c(C)n3)nnn2C)no1. The number of carboxylic acid groups (broad SMARTS) is 1. The zero-order valence-electron chi connectivity index (χ0n) is 20.6. The zero-order valence-corrected chi connectivity index (χ0v) is 20.6. The van der Waals surface area contributed by atoms with Gasteiger partial charge in [-0.1, -0.05) is 26.0 Å². The molecule has 0 bridgehead atoms. The first-order valence-electron chi connectivity index (χ1n) is 11.6. The Balaban J connectivity index is 1.78. The number of ether oxygens (including phenoxy) is 1. The average Bonchev–Trinajstić information content (AvgIpc) is 3.44. The number of aliphatic carboxylic acids is 1. The lowest BCUT2D eigenvalue weighted by Crippen LogP contribution is -2.24. The van der Waals surface area contributed by atoms with Gasteiger partial charge >= 0.3 is 5.97 Å². The monoisotopic (exact) mass is 471 g/mol. The lowest BCUT2D eigenvalue weighted by molar-refractivity contribution is -0.142. The summed E-state index contributed by atoms with van der Waals surface area (Å²) in [4.78, 5) is 22.4. The van der Waals surface area contributed by atoms with Crippen LogP contribution in [0.1, 0.15) is 57.3 Å². The second kappa shape index (κ2) is 11.1. The summed E-state index contributed by atoms with van der Waals surface area (Å²) in [5.74, 6) is 0.495. The van der Waals surface area contributed by atoms with Crippen molar-refractivity contribution in [2.24, 2.45) is 13.0 Å². The molecule has 34 heavy (non-hydrogen) atoms. The fourth-order valence-corrected chi connectivity index (χ4v) is 3.63. The predicted molar refractivity (Wildman–Crippen MR) is 125 cm³/mol. The molecule has 0 unspecified atom stereocenters. The molecule has 11 heteroatoms. The number of aromatic nitrogens is 6. The molecule has 184 valence electrons. The zero-order chi connectivity index (χ0) is 24.8. The van der Waals surface area contributed by atoms with E-state index in [1.54, 1.807) is 4.68 Å². The quantitative estimate of drug-likeness (QED) is 0.419. The van der Waals surface area contributed by atoms with Crippen LogP contribution in [0, 0.1) is 12.8 Å². The topological polar surface area (TPSA) is 132 Å². The molecule has 0 aliphatic rings. The molecule has 0 radical (unpaired) electrons. The van der Waals surface area contributed by atoms with Gasteiger partial charge in [-0.2, -0.15) is 4.98 Å². The van der Waals surface area contributed by atoms with Crippen molar-refractivity contribution in [2.75, 3.05) is 11.9 Å². The van der Waals surface area contributed by atoms with E-state index < -0.39 is 11.9 Å². The van der Waals surface area contributed by atoms with Crippen LogP contribution in [0.3, 0.4) is 0 Å². The highest BCUT2D eigenvalue weighted by atomic mass is 16.5. The molecule has 0 spiro atoms. The number of hydrogen-bond donors (Lipinski definition) is 1. The second-order valence-corrected chi connectivity index (χ2v) is 8.31. The van der Waals surface area contributed by atoms with E-state index in [4.69, 9.17) is 14.2 Å². The first kappa shape index (κ1) is 25.1. The van der Waals surface area contributed by atoms with E-state index >= 15 is 0 Å². The third-order valence-corrected chi connectivity index (χ3v) is 5.85. The van der Waals surface area contributed by atoms with Crippen LogP contribution in [0.2, 0.25) is 0 Å². The predicted octanol–water partition coefficient (Wildman–Crippen LogP) is 3.43. The fraction of sp³-hybridized carbons (Fsp3) is 0.565. The second-order valence-electron chi connectivity index (χ2n) is 8.31. The van der Waals surface area contributed by atoms with Crippen molar-refractivity contribution in [1.82, 2.24) is 30.1 Å². The van der Waals surface area contributed by atoms with E-state index in [1.807, 2.05) is 58.8 Å². The Labute approximate surface area is 199 Å². The summed E-state index contributed by atoms with van der Waals surface area (Å²) >= 11 is 0. The molecule has 0 aliphatic heterocycles. The van der Waals surface area contributed by atoms with Crippen LogP contribution < -0.4 is 9.64 Å². The van der Waals surface area contributed by atoms with E-state index in [0.29, 0.717) is 66.9 Å². The highest BCUT2D eigenvalue weighted by Gasteiger charge is 2.23. The first-order chi connectivity index (χ1) is 16.3. The van der Waals surface area contributed by atoms with Crippen molar-refractivity contribution in [3.63, 3.8) is 0 Å². The number of nitrogens with zero attached hydrogens (tertiary/aromatic N) is 7. The molecular formula is C23H33N7O4. The molecule has 3 rings (SSSR count). The van der Waals surface area contributed by atoms with Crippen LogP contribution in [0.25, 0.3) is 11.4 Å². The molecule has 3 aromatic heterocycles. The minimum Gasteiger partial charge on any atom is -0.489 e. The Morgan fingerprint density at radius 3 is 2.59 bits per heavy atom. The summed E-state index contributed by atoms with van der Waals surface area (Å²) in [6.07, 6.45) is 2.21. The maximum atomic E-state index is 11.4. The summed E-state index contributed by atoms with van der Waals surface area (Å²) in [5.41, 5.74) is 2.89. The first-order valence-corrected chi connectivity index (χ1v) is 11.6. The lowest BCUT2D eigenvalue weighted by atomic mass is 9.97. The lowest BCUT2D eigenvalue weighted by Gasteiger charge is -2.21. The van der Waals surface area contributed by atoms with Crippen LogP contribution in [0.5, 0.6) is 5.75 Å². The smallest absolute Gasteiger partial charge is 0.306 e. The van der Waals surface area contributed by atoms with Gasteiger partial charge in [-0.25, -0.2) is 9.67 Å². The third kappa shape index (κ3) is 5.70. The molecule has 1 N–H and O–H groups in total. The fourth-order valence-electron chi connectivity index (χ4n) is 3.63. The van der Waals surface area contributed by atoms with Gasteiger partial charge in [-0.3, -0.25) is 4.79 Å². The largest absolute Gasteiger partial charge is 0.489 e. The van der Waals surface area contributed by atoms with Crippen molar-refractivity contribution in [1.29, 1.82) is 0 Å². The van der Waals surface area contributed by atoms with Gasteiger partial charge < -0.3 is 19.3 Å². The number of pyridine rings is 1. The van der Waals surface area contributed by atoms with Crippen molar-refractivity contribution in [3.05, 3.63) is 29.4 Å². The van der Waals surface area contributed by atoms with Gasteiger partial charge in [-0.15, -0.1) is 5.10 Å². The molecular weight excluding hydrogens is 438 g/mol. The standard InChI is InChI=1S/C23H33N7O4/c1-7-15(22(31)32)12-16(8-2)33-19-11-10-17(24-14(19)4)21-18(30(6)28-26-21)13-29(5)23-25-20(9-3)34-27-23/h10-11,15-16H,7-9,12-13H2,1-6H3,(H,31,32)/t15-,16-/m0/s1. The Morgan fingerprint density at radius 1 is 1.24 bits per heavy atom. The van der Waals surface area contributed by atoms with Gasteiger partial charge in [-0.05, 0) is 43.5 Å². The normalized spacial score (nSPS) is 13.0. The Hall–Kier alpha value is -3.50. The molecule has 0 fully saturated rings. The highest BCUT2D eigenvalue weighted by molar-refractivity contribution is 5.69. The number of aryl methyl sites for hydroxylation is 3. The minimum absolute atomic E-state index is 0.198. The number of carbonyl (C=O) groups is 1. The van der Waals surface area contributed by atoms with E-state index in [-0.39, 0.29) is 6.10 Å². The third-order valence-electron chi connectivity index (χ3n) is 5.85. The van der Waals surface area contributed by atoms with E-state index in [2.05, 4.69) is 20.5 Å². The number of hydrogen-bond acceptors (Lipinski definition) is 9. The van der Waals surface area contributed by atoms with Gasteiger partial charge in [0, 0.05) is 20.5 Å². The summed E-state index contributed by atoms with van der Waals surface area (Å²) in [7, 11) is 3.71. The average molecular weight is 472 g/mol. The highest BCUT2D eigenvalue weighted by Crippen LogP contribution is 2.27. The van der Waals surface area contributed by atoms with Gasteiger partial charge in [0.05, 0.1) is 35.6 Å². The number of rotatable bonds is 12. The van der Waals surface area contributed by atoms with E-state index in [9.17, 15) is 9.90 Å². The van der Waals surface area contributed by atoms with Gasteiger partial charge in [0.25, 0.3) is 5.95 Å². The van der Waals surface area contributed by atoms with Crippen molar-refractivity contribution < 1.29 is 19.2 Å². The Kier molecular flexibility index (Phi) is 8.19. The van der Waals surface area contributed by atoms with E-state index in [0.717, 1.165) is 5.69 Å². The Bertz CT molecular complexity index is 1110. The summed E-state index contributed by atoms with van der Waals surface area (Å²) < 4.78 is 13.1. The number of carboxylic acids is 1. The minimum atomic E-state index is -0.790. The summed E-state index contributed by atoms with van der Waals surface area (Å²) in [5, 5.41) is 21.9. The molecule has 2 atom stereocenters. The summed E-state index contributed by atoms with van der Waals surface area (Å²) in [6, 6.07) is 3.71. The van der Waals surface area contributed by atoms with Crippen molar-refractivity contribution >= 4 is 11.9 Å². The van der Waals surface area contributed by atoms with Crippen LogP contribution in [0.15, 0.2) is 16.7 Å². The maximum Gasteiger partial charge on any atom is 0.306 e. The van der Waals surface area contributed by atoms with Gasteiger partial charge in [0.2, 0.25) is 5.89 Å². The van der Waals surface area contributed by atoms with Crippen molar-refractivity contribution in [3.8, 4) is 17.1 Å². The molecule has 0 saturated carbocycles. The van der Waals surface area contributed by atoms with Crippen LogP contribution >= 0.6 is 0 Å². The molecule has 3 heterocycles.